The van der Waals surface area contributed by atoms with Crippen LogP contribution in [0.25, 0.3) is 0 Å². The highest BCUT2D eigenvalue weighted by molar-refractivity contribution is 5.93. The van der Waals surface area contributed by atoms with Crippen molar-refractivity contribution in [2.45, 2.75) is 32.3 Å². The number of amides is 1. The zero-order valence-corrected chi connectivity index (χ0v) is 10.2. The van der Waals surface area contributed by atoms with Crippen molar-refractivity contribution < 1.29 is 15.0 Å². The Bertz CT molecular complexity index is 374. The van der Waals surface area contributed by atoms with Crippen LogP contribution in [0.3, 0.4) is 0 Å². The lowest BCUT2D eigenvalue weighted by Crippen LogP contribution is -2.41. The highest BCUT2D eigenvalue weighted by Gasteiger charge is 2.21. The molecule has 0 aliphatic heterocycles. The number of hydrogen-bond donors (Lipinski definition) is 4. The van der Waals surface area contributed by atoms with Gasteiger partial charge in [-0.2, -0.15) is 0 Å². The van der Waals surface area contributed by atoms with Gasteiger partial charge in [-0.05, 0) is 26.7 Å². The van der Waals surface area contributed by atoms with E-state index in [1.165, 1.54) is 6.33 Å². The Labute approximate surface area is 100 Å². The number of aryl methyl sites for hydroxylation is 1. The van der Waals surface area contributed by atoms with E-state index in [0.29, 0.717) is 24.2 Å². The molecule has 4 N–H and O–H groups in total. The number of nitrogens with zero attached hydrogens (tertiary/aromatic N) is 1. The van der Waals surface area contributed by atoms with E-state index in [9.17, 15) is 9.90 Å². The second kappa shape index (κ2) is 5.79. The maximum atomic E-state index is 11.7. The standard InChI is InChI=1S/C11H19N3O3/c1-8-9(14-7-13-8)10(16)12-6-11(2,17)4-3-5-15/h7,15,17H,3-6H2,1-2H3,(H,12,16)(H,13,14). The van der Waals surface area contributed by atoms with Crippen molar-refractivity contribution in [3.63, 3.8) is 0 Å². The van der Waals surface area contributed by atoms with Gasteiger partial charge < -0.3 is 20.5 Å². The minimum Gasteiger partial charge on any atom is -0.396 e. The van der Waals surface area contributed by atoms with Crippen LogP contribution < -0.4 is 5.32 Å². The summed E-state index contributed by atoms with van der Waals surface area (Å²) in [5.74, 6) is -0.312. The van der Waals surface area contributed by atoms with E-state index < -0.39 is 5.60 Å². The number of H-pyrrole nitrogens is 1. The molecular formula is C11H19N3O3. The molecule has 0 radical (unpaired) electrons. The molecule has 1 atom stereocenters. The van der Waals surface area contributed by atoms with E-state index in [1.54, 1.807) is 13.8 Å². The van der Waals surface area contributed by atoms with Gasteiger partial charge in [0.1, 0.15) is 5.69 Å². The highest BCUT2D eigenvalue weighted by Crippen LogP contribution is 2.10. The van der Waals surface area contributed by atoms with Gasteiger partial charge in [-0.1, -0.05) is 0 Å². The third-order valence-electron chi connectivity index (χ3n) is 2.55. The van der Waals surface area contributed by atoms with Gasteiger partial charge >= 0.3 is 0 Å². The summed E-state index contributed by atoms with van der Waals surface area (Å²) in [5.41, 5.74) is 0.0169. The number of aliphatic hydroxyl groups excluding tert-OH is 1. The van der Waals surface area contributed by atoms with Gasteiger partial charge in [0.05, 0.1) is 11.9 Å². The second-order valence-electron chi connectivity index (χ2n) is 4.38. The molecule has 0 aliphatic rings. The van der Waals surface area contributed by atoms with Gasteiger partial charge in [0.2, 0.25) is 0 Å². The van der Waals surface area contributed by atoms with Crippen molar-refractivity contribution in [3.8, 4) is 0 Å². The van der Waals surface area contributed by atoms with Gasteiger partial charge in [0.15, 0.2) is 0 Å². The van der Waals surface area contributed by atoms with Gasteiger partial charge in [-0.3, -0.25) is 4.79 Å². The van der Waals surface area contributed by atoms with E-state index in [0.717, 1.165) is 0 Å². The number of hydrogen-bond acceptors (Lipinski definition) is 4. The molecule has 0 aromatic carbocycles. The van der Waals surface area contributed by atoms with Crippen LogP contribution >= 0.6 is 0 Å². The van der Waals surface area contributed by atoms with Crippen LogP contribution in [0.15, 0.2) is 6.33 Å². The summed E-state index contributed by atoms with van der Waals surface area (Å²) in [7, 11) is 0. The fraction of sp³-hybridized carbons (Fsp3) is 0.636. The fourth-order valence-corrected chi connectivity index (χ4v) is 1.49. The average Bonchev–Trinajstić information content (AvgIpc) is 2.70. The number of aliphatic hydroxyl groups is 2. The summed E-state index contributed by atoms with van der Waals surface area (Å²) < 4.78 is 0. The van der Waals surface area contributed by atoms with Crippen LogP contribution in [0.4, 0.5) is 0 Å². The van der Waals surface area contributed by atoms with Crippen LogP contribution in [-0.2, 0) is 0 Å². The lowest BCUT2D eigenvalue weighted by molar-refractivity contribution is 0.0414. The molecule has 17 heavy (non-hydrogen) atoms. The molecule has 6 heteroatoms. The quantitative estimate of drug-likeness (QED) is 0.562. The summed E-state index contributed by atoms with van der Waals surface area (Å²) >= 11 is 0. The maximum absolute atomic E-state index is 11.7. The molecule has 0 saturated heterocycles. The Morgan fingerprint density at radius 2 is 2.35 bits per heavy atom. The first-order valence-corrected chi connectivity index (χ1v) is 5.58. The molecule has 0 bridgehead atoms. The largest absolute Gasteiger partial charge is 0.396 e. The van der Waals surface area contributed by atoms with Crippen LogP contribution in [-0.4, -0.2) is 44.8 Å². The van der Waals surface area contributed by atoms with Crippen LogP contribution in [0.2, 0.25) is 0 Å². The van der Waals surface area contributed by atoms with Crippen molar-refractivity contribution in [2.24, 2.45) is 0 Å². The SMILES string of the molecule is Cc1[nH]cnc1C(=O)NCC(C)(O)CCCO. The number of aromatic nitrogens is 2. The third kappa shape index (κ3) is 4.16. The maximum Gasteiger partial charge on any atom is 0.271 e. The topological polar surface area (TPSA) is 98.2 Å². The molecule has 6 nitrogen and oxygen atoms in total. The van der Waals surface area contributed by atoms with E-state index in [-0.39, 0.29) is 19.1 Å². The molecule has 1 unspecified atom stereocenters. The van der Waals surface area contributed by atoms with E-state index >= 15 is 0 Å². The van der Waals surface area contributed by atoms with Crippen molar-refractivity contribution in [2.75, 3.05) is 13.2 Å². The number of rotatable bonds is 6. The Hall–Kier alpha value is -1.40. The number of aromatic amines is 1. The summed E-state index contributed by atoms with van der Waals surface area (Å²) in [6.07, 6.45) is 2.39. The van der Waals surface area contributed by atoms with Gasteiger partial charge in [0.25, 0.3) is 5.91 Å². The molecule has 96 valence electrons. The zero-order chi connectivity index (χ0) is 12.9. The summed E-state index contributed by atoms with van der Waals surface area (Å²) in [4.78, 5) is 18.4. The van der Waals surface area contributed by atoms with E-state index in [4.69, 9.17) is 5.11 Å². The van der Waals surface area contributed by atoms with Crippen molar-refractivity contribution in [1.29, 1.82) is 0 Å². The molecule has 1 amide bonds. The van der Waals surface area contributed by atoms with Crippen LogP contribution in [0.5, 0.6) is 0 Å². The average molecular weight is 241 g/mol. The van der Waals surface area contributed by atoms with Crippen molar-refractivity contribution in [1.82, 2.24) is 15.3 Å². The molecular weight excluding hydrogens is 222 g/mol. The Kier molecular flexibility index (Phi) is 4.65. The van der Waals surface area contributed by atoms with E-state index in [2.05, 4.69) is 15.3 Å². The predicted molar refractivity (Wildman–Crippen MR) is 62.6 cm³/mol. The first-order valence-electron chi connectivity index (χ1n) is 5.58. The highest BCUT2D eigenvalue weighted by atomic mass is 16.3. The molecule has 0 aliphatic carbocycles. The Morgan fingerprint density at radius 3 is 2.88 bits per heavy atom. The normalized spacial score (nSPS) is 14.4. The van der Waals surface area contributed by atoms with Gasteiger partial charge in [0, 0.05) is 18.8 Å². The van der Waals surface area contributed by atoms with Crippen LogP contribution in [0.1, 0.15) is 35.9 Å². The monoisotopic (exact) mass is 241 g/mol. The number of nitrogens with one attached hydrogen (secondary N) is 2. The fourth-order valence-electron chi connectivity index (χ4n) is 1.49. The van der Waals surface area contributed by atoms with Gasteiger partial charge in [-0.15, -0.1) is 0 Å². The third-order valence-corrected chi connectivity index (χ3v) is 2.55. The number of carbonyl (C=O) groups excluding carboxylic acids is 1. The lowest BCUT2D eigenvalue weighted by Gasteiger charge is -2.23. The predicted octanol–water partition coefficient (Wildman–Crippen LogP) is -0.0286. The molecule has 1 heterocycles. The lowest BCUT2D eigenvalue weighted by atomic mass is 10.0. The molecule has 1 rings (SSSR count). The molecule has 0 fully saturated rings. The van der Waals surface area contributed by atoms with Crippen molar-refractivity contribution in [3.05, 3.63) is 17.7 Å². The minimum absolute atomic E-state index is 0.0303. The van der Waals surface area contributed by atoms with E-state index in [1.807, 2.05) is 0 Å². The van der Waals surface area contributed by atoms with Crippen LogP contribution in [0, 0.1) is 6.92 Å². The van der Waals surface area contributed by atoms with Gasteiger partial charge in [-0.25, -0.2) is 4.98 Å². The summed E-state index contributed by atoms with van der Waals surface area (Å²) in [6.45, 7) is 3.55. The summed E-state index contributed by atoms with van der Waals surface area (Å²) in [6, 6.07) is 0. The first-order chi connectivity index (χ1) is 7.96. The number of carbonyl (C=O) groups is 1. The zero-order valence-electron chi connectivity index (χ0n) is 10.2. The minimum atomic E-state index is -1.01. The molecule has 1 aromatic heterocycles. The smallest absolute Gasteiger partial charge is 0.271 e. The number of imidazole rings is 1. The Balaban J connectivity index is 2.45. The molecule has 0 saturated carbocycles. The first kappa shape index (κ1) is 13.7. The molecule has 1 aromatic rings. The Morgan fingerprint density at radius 1 is 1.65 bits per heavy atom. The molecule has 0 spiro atoms. The van der Waals surface area contributed by atoms with Crippen molar-refractivity contribution >= 4 is 5.91 Å². The summed E-state index contributed by atoms with van der Waals surface area (Å²) in [5, 5.41) is 21.2. The second-order valence-corrected chi connectivity index (χ2v) is 4.38.